The summed E-state index contributed by atoms with van der Waals surface area (Å²) >= 11 is 0. The van der Waals surface area contributed by atoms with E-state index in [4.69, 9.17) is 4.74 Å². The van der Waals surface area contributed by atoms with Crippen molar-refractivity contribution in [3.63, 3.8) is 0 Å². The summed E-state index contributed by atoms with van der Waals surface area (Å²) in [4.78, 5) is 0. The van der Waals surface area contributed by atoms with Gasteiger partial charge in [0.05, 0.1) is 6.04 Å². The summed E-state index contributed by atoms with van der Waals surface area (Å²) in [5.74, 6) is 1.13. The van der Waals surface area contributed by atoms with Gasteiger partial charge in [-0.05, 0) is 56.8 Å². The molecular formula is C16H25NO. The van der Waals surface area contributed by atoms with Gasteiger partial charge in [0.1, 0.15) is 11.9 Å². The molecule has 0 spiro atoms. The molecule has 1 aromatic rings. The normalized spacial score (nSPS) is 21.8. The van der Waals surface area contributed by atoms with E-state index in [1.807, 2.05) is 0 Å². The maximum Gasteiger partial charge on any atom is 0.128 e. The maximum atomic E-state index is 6.20. The Labute approximate surface area is 111 Å². The van der Waals surface area contributed by atoms with Gasteiger partial charge in [-0.3, -0.25) is 0 Å². The number of fused-ring (bicyclic) bond motifs is 1. The molecule has 100 valence electrons. The van der Waals surface area contributed by atoms with Gasteiger partial charge in [-0.1, -0.05) is 19.9 Å². The molecule has 0 fully saturated rings. The molecule has 1 aliphatic heterocycles. The molecule has 18 heavy (non-hydrogen) atoms. The number of benzene rings is 1. The van der Waals surface area contributed by atoms with Crippen LogP contribution < -0.4 is 10.1 Å². The number of nitrogens with one attached hydrogen (secondary N) is 1. The summed E-state index contributed by atoms with van der Waals surface area (Å²) in [6.45, 7) is 12.0. The Balaban J connectivity index is 2.42. The van der Waals surface area contributed by atoms with E-state index in [-0.39, 0.29) is 6.10 Å². The fourth-order valence-corrected chi connectivity index (χ4v) is 2.87. The van der Waals surface area contributed by atoms with Crippen LogP contribution in [0.15, 0.2) is 6.07 Å². The first-order chi connectivity index (χ1) is 8.60. The van der Waals surface area contributed by atoms with Crippen molar-refractivity contribution >= 4 is 0 Å². The lowest BCUT2D eigenvalue weighted by Crippen LogP contribution is -2.31. The molecule has 0 aliphatic carbocycles. The van der Waals surface area contributed by atoms with E-state index in [0.717, 1.165) is 25.1 Å². The average molecular weight is 247 g/mol. The Morgan fingerprint density at radius 1 is 1.17 bits per heavy atom. The lowest BCUT2D eigenvalue weighted by molar-refractivity contribution is 0.184. The van der Waals surface area contributed by atoms with Crippen molar-refractivity contribution in [2.75, 3.05) is 6.54 Å². The highest BCUT2D eigenvalue weighted by Gasteiger charge is 2.35. The van der Waals surface area contributed by atoms with Gasteiger partial charge < -0.3 is 10.1 Å². The Hall–Kier alpha value is -1.02. The number of hydrogen-bond donors (Lipinski definition) is 1. The third-order valence-electron chi connectivity index (χ3n) is 4.00. The Kier molecular flexibility index (Phi) is 3.96. The van der Waals surface area contributed by atoms with Gasteiger partial charge in [-0.2, -0.15) is 0 Å². The summed E-state index contributed by atoms with van der Waals surface area (Å²) in [5.41, 5.74) is 5.38. The highest BCUT2D eigenvalue weighted by molar-refractivity contribution is 5.54. The van der Waals surface area contributed by atoms with Crippen molar-refractivity contribution in [3.05, 3.63) is 28.3 Å². The Morgan fingerprint density at radius 3 is 2.50 bits per heavy atom. The first-order valence-corrected chi connectivity index (χ1v) is 7.10. The molecular weight excluding hydrogens is 222 g/mol. The van der Waals surface area contributed by atoms with Crippen molar-refractivity contribution in [2.24, 2.45) is 0 Å². The van der Waals surface area contributed by atoms with E-state index in [0.29, 0.717) is 6.04 Å². The molecule has 0 aromatic heterocycles. The summed E-state index contributed by atoms with van der Waals surface area (Å²) in [6.07, 6.45) is 2.49. The van der Waals surface area contributed by atoms with Gasteiger partial charge in [0.15, 0.2) is 0 Å². The van der Waals surface area contributed by atoms with Gasteiger partial charge in [0.25, 0.3) is 0 Å². The quantitative estimate of drug-likeness (QED) is 0.873. The molecule has 0 saturated heterocycles. The van der Waals surface area contributed by atoms with Crippen LogP contribution in [0.25, 0.3) is 0 Å². The highest BCUT2D eigenvalue weighted by Crippen LogP contribution is 2.43. The molecule has 2 nitrogen and oxygen atoms in total. The standard InChI is InChI=1S/C16H25NO/c1-6-8-17-15-13(7-2)18-16-12(5)10(3)9-11(4)14(15)16/h9,13,15,17H,6-8H2,1-5H3. The van der Waals surface area contributed by atoms with Gasteiger partial charge >= 0.3 is 0 Å². The van der Waals surface area contributed by atoms with Crippen molar-refractivity contribution in [1.29, 1.82) is 0 Å². The zero-order valence-electron chi connectivity index (χ0n) is 12.3. The van der Waals surface area contributed by atoms with Crippen LogP contribution in [0.1, 0.15) is 55.0 Å². The van der Waals surface area contributed by atoms with Crippen molar-refractivity contribution < 1.29 is 4.74 Å². The van der Waals surface area contributed by atoms with E-state index in [1.165, 1.54) is 22.3 Å². The van der Waals surface area contributed by atoms with E-state index in [9.17, 15) is 0 Å². The van der Waals surface area contributed by atoms with Crippen molar-refractivity contribution in [1.82, 2.24) is 5.32 Å². The van der Waals surface area contributed by atoms with Gasteiger partial charge in [0.2, 0.25) is 0 Å². The first kappa shape index (κ1) is 13.4. The topological polar surface area (TPSA) is 21.3 Å². The Bertz CT molecular complexity index is 439. The summed E-state index contributed by atoms with van der Waals surface area (Å²) in [5, 5.41) is 3.65. The molecule has 1 aliphatic rings. The lowest BCUT2D eigenvalue weighted by atomic mass is 9.93. The van der Waals surface area contributed by atoms with Gasteiger partial charge in [-0.15, -0.1) is 0 Å². The zero-order chi connectivity index (χ0) is 13.3. The van der Waals surface area contributed by atoms with Gasteiger partial charge in [-0.25, -0.2) is 0 Å². The van der Waals surface area contributed by atoms with Crippen LogP contribution in [0.3, 0.4) is 0 Å². The maximum absolute atomic E-state index is 6.20. The fourth-order valence-electron chi connectivity index (χ4n) is 2.87. The number of rotatable bonds is 4. The largest absolute Gasteiger partial charge is 0.488 e. The molecule has 0 amide bonds. The third kappa shape index (κ3) is 2.14. The van der Waals surface area contributed by atoms with Crippen molar-refractivity contribution in [2.45, 2.75) is 59.6 Å². The highest BCUT2D eigenvalue weighted by atomic mass is 16.5. The number of ether oxygens (including phenoxy) is 1. The minimum absolute atomic E-state index is 0.283. The van der Waals surface area contributed by atoms with Crippen LogP contribution in [0.5, 0.6) is 5.75 Å². The fraction of sp³-hybridized carbons (Fsp3) is 0.625. The minimum atomic E-state index is 0.283. The molecule has 0 radical (unpaired) electrons. The molecule has 1 N–H and O–H groups in total. The summed E-state index contributed by atoms with van der Waals surface area (Å²) in [6, 6.07) is 2.65. The second kappa shape index (κ2) is 5.31. The van der Waals surface area contributed by atoms with Crippen LogP contribution in [0, 0.1) is 20.8 Å². The predicted octanol–water partition coefficient (Wildman–Crippen LogP) is 3.82. The smallest absolute Gasteiger partial charge is 0.128 e. The van der Waals surface area contributed by atoms with Crippen LogP contribution in [0.2, 0.25) is 0 Å². The molecule has 1 heterocycles. The van der Waals surface area contributed by atoms with Crippen LogP contribution in [-0.4, -0.2) is 12.6 Å². The molecule has 2 rings (SSSR count). The van der Waals surface area contributed by atoms with E-state index in [2.05, 4.69) is 46.0 Å². The zero-order valence-corrected chi connectivity index (χ0v) is 12.3. The number of aryl methyl sites for hydroxylation is 2. The molecule has 2 heteroatoms. The molecule has 0 saturated carbocycles. The molecule has 2 atom stereocenters. The van der Waals surface area contributed by atoms with Gasteiger partial charge in [0, 0.05) is 5.56 Å². The second-order valence-electron chi connectivity index (χ2n) is 5.37. The minimum Gasteiger partial charge on any atom is -0.488 e. The average Bonchev–Trinajstić information content (AvgIpc) is 2.72. The van der Waals surface area contributed by atoms with Crippen molar-refractivity contribution in [3.8, 4) is 5.75 Å². The lowest BCUT2D eigenvalue weighted by Gasteiger charge is -2.19. The molecule has 0 bridgehead atoms. The first-order valence-electron chi connectivity index (χ1n) is 7.10. The Morgan fingerprint density at radius 2 is 1.89 bits per heavy atom. The van der Waals surface area contributed by atoms with Crippen LogP contribution in [-0.2, 0) is 0 Å². The van der Waals surface area contributed by atoms with E-state index in [1.54, 1.807) is 0 Å². The second-order valence-corrected chi connectivity index (χ2v) is 5.37. The van der Waals surface area contributed by atoms with Crippen LogP contribution in [0.4, 0.5) is 0 Å². The summed E-state index contributed by atoms with van der Waals surface area (Å²) < 4.78 is 6.20. The SMILES string of the molecule is CCCNC1c2c(C)cc(C)c(C)c2OC1CC. The monoisotopic (exact) mass is 247 g/mol. The molecule has 2 unspecified atom stereocenters. The summed E-state index contributed by atoms with van der Waals surface area (Å²) in [7, 11) is 0. The van der Waals surface area contributed by atoms with Crippen LogP contribution >= 0.6 is 0 Å². The third-order valence-corrected chi connectivity index (χ3v) is 4.00. The van der Waals surface area contributed by atoms with E-state index < -0.39 is 0 Å². The predicted molar refractivity (Wildman–Crippen MR) is 76.4 cm³/mol. The van der Waals surface area contributed by atoms with E-state index >= 15 is 0 Å². The molecule has 1 aromatic carbocycles. The number of hydrogen-bond acceptors (Lipinski definition) is 2.